The van der Waals surface area contributed by atoms with Gasteiger partial charge in [0.25, 0.3) is 0 Å². The van der Waals surface area contributed by atoms with Gasteiger partial charge in [-0.05, 0) is 43.9 Å². The molecule has 0 bridgehead atoms. The van der Waals surface area contributed by atoms with Gasteiger partial charge in [0.05, 0.1) is 18.6 Å². The number of carbonyl (C=O) groups excluding carboxylic acids is 2. The molecule has 9 heteroatoms. The Morgan fingerprint density at radius 2 is 1.75 bits per heavy atom. The predicted octanol–water partition coefficient (Wildman–Crippen LogP) is 3.74. The van der Waals surface area contributed by atoms with Crippen molar-refractivity contribution in [2.75, 3.05) is 30.3 Å². The van der Waals surface area contributed by atoms with Crippen LogP contribution in [0.25, 0.3) is 0 Å². The number of hydrogen-bond donors (Lipinski definition) is 1. The van der Waals surface area contributed by atoms with Crippen molar-refractivity contribution in [1.29, 1.82) is 0 Å². The van der Waals surface area contributed by atoms with Gasteiger partial charge in [-0.15, -0.1) is 0 Å². The molecule has 0 saturated carbocycles. The van der Waals surface area contributed by atoms with Crippen molar-refractivity contribution in [2.24, 2.45) is 5.92 Å². The highest BCUT2D eigenvalue weighted by molar-refractivity contribution is 7.92. The van der Waals surface area contributed by atoms with E-state index in [4.69, 9.17) is 4.74 Å². The monoisotopic (exact) mass is 517 g/mol. The molecule has 0 aliphatic rings. The summed E-state index contributed by atoms with van der Waals surface area (Å²) in [6, 6.07) is 13.7. The van der Waals surface area contributed by atoms with Crippen LogP contribution < -0.4 is 14.4 Å². The Labute approximate surface area is 215 Å². The summed E-state index contributed by atoms with van der Waals surface area (Å²) in [6.07, 6.45) is 1.44. The lowest BCUT2D eigenvalue weighted by Crippen LogP contribution is -2.52. The number of nitrogens with one attached hydrogen (secondary N) is 1. The lowest BCUT2D eigenvalue weighted by molar-refractivity contribution is -0.140. The van der Waals surface area contributed by atoms with E-state index in [1.165, 1.54) is 4.90 Å². The van der Waals surface area contributed by atoms with Gasteiger partial charge in [0.15, 0.2) is 0 Å². The average Bonchev–Trinajstić information content (AvgIpc) is 2.81. The van der Waals surface area contributed by atoms with Gasteiger partial charge in [-0.25, -0.2) is 8.42 Å². The van der Waals surface area contributed by atoms with E-state index in [0.29, 0.717) is 25.3 Å². The second kappa shape index (κ2) is 13.3. The molecule has 36 heavy (non-hydrogen) atoms. The molecule has 0 aromatic heterocycles. The van der Waals surface area contributed by atoms with Crippen LogP contribution in [0.1, 0.15) is 45.2 Å². The second-order valence-corrected chi connectivity index (χ2v) is 11.2. The zero-order valence-electron chi connectivity index (χ0n) is 22.2. The fraction of sp³-hybridized carbons (Fsp3) is 0.481. The molecular formula is C27H39N3O5S. The number of amides is 2. The Bertz CT molecular complexity index is 1130. The van der Waals surface area contributed by atoms with Crippen LogP contribution in [-0.4, -0.2) is 57.1 Å². The number of rotatable bonds is 13. The fourth-order valence-electron chi connectivity index (χ4n) is 3.88. The normalized spacial score (nSPS) is 12.2. The molecule has 0 heterocycles. The number of hydrogen-bond acceptors (Lipinski definition) is 5. The predicted molar refractivity (Wildman–Crippen MR) is 143 cm³/mol. The van der Waals surface area contributed by atoms with Gasteiger partial charge in [0.2, 0.25) is 21.8 Å². The van der Waals surface area contributed by atoms with Crippen molar-refractivity contribution in [3.05, 3.63) is 59.7 Å². The Morgan fingerprint density at radius 1 is 1.06 bits per heavy atom. The van der Waals surface area contributed by atoms with E-state index < -0.39 is 28.5 Å². The van der Waals surface area contributed by atoms with Gasteiger partial charge in [-0.1, -0.05) is 62.7 Å². The van der Waals surface area contributed by atoms with Gasteiger partial charge in [0.1, 0.15) is 18.3 Å². The number of nitrogens with zero attached hydrogens (tertiary/aromatic N) is 2. The van der Waals surface area contributed by atoms with Gasteiger partial charge >= 0.3 is 0 Å². The molecule has 0 aliphatic carbocycles. The van der Waals surface area contributed by atoms with E-state index in [1.54, 1.807) is 31.2 Å². The van der Waals surface area contributed by atoms with Crippen molar-refractivity contribution in [2.45, 2.75) is 53.6 Å². The van der Waals surface area contributed by atoms with Crippen LogP contribution in [0.3, 0.4) is 0 Å². The zero-order chi connectivity index (χ0) is 26.9. The molecule has 0 spiro atoms. The molecule has 2 aromatic carbocycles. The molecular weight excluding hydrogens is 478 g/mol. The number of sulfonamides is 1. The van der Waals surface area contributed by atoms with Crippen LogP contribution in [-0.2, 0) is 26.2 Å². The summed E-state index contributed by atoms with van der Waals surface area (Å²) in [4.78, 5) is 28.4. The minimum atomic E-state index is -3.84. The van der Waals surface area contributed by atoms with Crippen LogP contribution in [0.2, 0.25) is 0 Å². The minimum absolute atomic E-state index is 0.179. The third kappa shape index (κ3) is 8.26. The van der Waals surface area contributed by atoms with E-state index >= 15 is 0 Å². The average molecular weight is 518 g/mol. The lowest BCUT2D eigenvalue weighted by atomic mass is 10.1. The molecule has 0 aliphatic heterocycles. The Morgan fingerprint density at radius 3 is 2.33 bits per heavy atom. The first-order valence-electron chi connectivity index (χ1n) is 12.3. The first-order valence-corrected chi connectivity index (χ1v) is 14.1. The fourth-order valence-corrected chi connectivity index (χ4v) is 4.74. The summed E-state index contributed by atoms with van der Waals surface area (Å²) in [5.41, 5.74) is 2.17. The minimum Gasteiger partial charge on any atom is -0.492 e. The van der Waals surface area contributed by atoms with E-state index in [2.05, 4.69) is 5.32 Å². The van der Waals surface area contributed by atoms with E-state index in [-0.39, 0.29) is 24.1 Å². The van der Waals surface area contributed by atoms with Crippen LogP contribution in [0.5, 0.6) is 5.75 Å². The zero-order valence-corrected chi connectivity index (χ0v) is 23.0. The highest BCUT2D eigenvalue weighted by Crippen LogP contribution is 2.30. The Kier molecular flexibility index (Phi) is 10.8. The summed E-state index contributed by atoms with van der Waals surface area (Å²) in [5, 5.41) is 2.92. The number of ether oxygens (including phenoxy) is 1. The van der Waals surface area contributed by atoms with Gasteiger partial charge in [-0.2, -0.15) is 0 Å². The molecule has 0 radical (unpaired) electrons. The highest BCUT2D eigenvalue weighted by Gasteiger charge is 2.32. The van der Waals surface area contributed by atoms with E-state index in [9.17, 15) is 18.0 Å². The molecule has 198 valence electrons. The van der Waals surface area contributed by atoms with E-state index in [1.807, 2.05) is 52.0 Å². The van der Waals surface area contributed by atoms with Crippen LogP contribution in [0.15, 0.2) is 48.5 Å². The topological polar surface area (TPSA) is 96.0 Å². The smallest absolute Gasteiger partial charge is 0.244 e. The molecule has 1 atom stereocenters. The summed E-state index contributed by atoms with van der Waals surface area (Å²) in [7, 11) is -3.84. The number of aryl methyl sites for hydroxylation is 1. The number of benzene rings is 2. The summed E-state index contributed by atoms with van der Waals surface area (Å²) < 4.78 is 32.3. The van der Waals surface area contributed by atoms with Crippen molar-refractivity contribution in [1.82, 2.24) is 10.2 Å². The van der Waals surface area contributed by atoms with Crippen molar-refractivity contribution < 1.29 is 22.7 Å². The number of anilines is 1. The van der Waals surface area contributed by atoms with Crippen LogP contribution in [0.4, 0.5) is 5.69 Å². The number of carbonyl (C=O) groups is 2. The van der Waals surface area contributed by atoms with Crippen molar-refractivity contribution in [3.63, 3.8) is 0 Å². The van der Waals surface area contributed by atoms with Gasteiger partial charge in [0, 0.05) is 13.1 Å². The Balaban J connectivity index is 2.47. The molecule has 8 nitrogen and oxygen atoms in total. The maximum atomic E-state index is 13.8. The molecule has 0 saturated heterocycles. The maximum Gasteiger partial charge on any atom is 0.244 e. The van der Waals surface area contributed by atoms with E-state index in [0.717, 1.165) is 21.7 Å². The maximum absolute atomic E-state index is 13.8. The SMILES string of the molecule is CCOc1ccccc1N(CC(=O)N(Cc1cccc(C)c1)C(CC)C(=O)NCC(C)C)S(C)(=O)=O. The van der Waals surface area contributed by atoms with Gasteiger partial charge < -0.3 is 15.0 Å². The van der Waals surface area contributed by atoms with Crippen molar-refractivity contribution in [3.8, 4) is 5.75 Å². The first-order chi connectivity index (χ1) is 17.0. The van der Waals surface area contributed by atoms with Crippen LogP contribution in [0, 0.1) is 12.8 Å². The highest BCUT2D eigenvalue weighted by atomic mass is 32.2. The molecule has 2 aromatic rings. The molecule has 1 N–H and O–H groups in total. The molecule has 0 fully saturated rings. The first kappa shape index (κ1) is 29.2. The standard InChI is InChI=1S/C27H39N3O5S/c1-7-23(27(32)28-17-20(3)4)29(18-22-13-11-12-21(5)16-22)26(31)19-30(36(6,33)34)24-14-9-10-15-25(24)35-8-2/h9-16,20,23H,7-8,17-19H2,1-6H3,(H,28,32). The van der Waals surface area contributed by atoms with Crippen molar-refractivity contribution >= 4 is 27.5 Å². The largest absolute Gasteiger partial charge is 0.492 e. The summed E-state index contributed by atoms with van der Waals surface area (Å²) in [5.74, 6) is -0.110. The lowest BCUT2D eigenvalue weighted by Gasteiger charge is -2.33. The number of para-hydroxylation sites is 2. The third-order valence-electron chi connectivity index (χ3n) is 5.62. The summed E-state index contributed by atoms with van der Waals surface area (Å²) in [6.45, 7) is 10.1. The van der Waals surface area contributed by atoms with Crippen LogP contribution >= 0.6 is 0 Å². The molecule has 2 amide bonds. The molecule has 1 unspecified atom stereocenters. The summed E-state index contributed by atoms with van der Waals surface area (Å²) >= 11 is 0. The molecule has 2 rings (SSSR count). The quantitative estimate of drug-likeness (QED) is 0.437. The third-order valence-corrected chi connectivity index (χ3v) is 6.75. The van der Waals surface area contributed by atoms with Gasteiger partial charge in [-0.3, -0.25) is 13.9 Å². The second-order valence-electron chi connectivity index (χ2n) is 9.24. The Hall–Kier alpha value is -3.07.